The summed E-state index contributed by atoms with van der Waals surface area (Å²) >= 11 is 0. The van der Waals surface area contributed by atoms with Gasteiger partial charge < -0.3 is 19.3 Å². The van der Waals surface area contributed by atoms with Crippen LogP contribution in [0.25, 0.3) is 0 Å². The molecule has 2 fully saturated rings. The molecule has 0 spiro atoms. The Morgan fingerprint density at radius 1 is 0.935 bits per heavy atom. The first-order chi connectivity index (χ1) is 15.2. The number of pyridine rings is 1. The molecule has 1 aromatic carbocycles. The molecule has 0 unspecified atom stereocenters. The van der Waals surface area contributed by atoms with Gasteiger partial charge in [-0.3, -0.25) is 19.6 Å². The summed E-state index contributed by atoms with van der Waals surface area (Å²) in [5.41, 5.74) is 1.98. The van der Waals surface area contributed by atoms with Crippen molar-refractivity contribution in [2.45, 2.75) is 6.54 Å². The second-order valence-corrected chi connectivity index (χ2v) is 7.91. The number of benzene rings is 1. The Morgan fingerprint density at radius 3 is 2.52 bits per heavy atom. The van der Waals surface area contributed by atoms with Crippen molar-refractivity contribution in [2.75, 3.05) is 57.5 Å². The van der Waals surface area contributed by atoms with Crippen LogP contribution in [0.15, 0.2) is 42.7 Å². The molecule has 1 aromatic heterocycles. The molecule has 2 saturated heterocycles. The lowest BCUT2D eigenvalue weighted by Gasteiger charge is -2.35. The number of anilines is 1. The number of hydrogen-bond acceptors (Lipinski definition) is 6. The van der Waals surface area contributed by atoms with Gasteiger partial charge in [-0.25, -0.2) is 4.79 Å². The van der Waals surface area contributed by atoms with E-state index < -0.39 is 0 Å². The number of carbonyl (C=O) groups is 2. The molecule has 0 saturated carbocycles. The average Bonchev–Trinajstić information content (AvgIpc) is 3.41. The number of rotatable bonds is 5. The van der Waals surface area contributed by atoms with Gasteiger partial charge in [-0.1, -0.05) is 0 Å². The first kappa shape index (κ1) is 19.6. The van der Waals surface area contributed by atoms with E-state index in [4.69, 9.17) is 9.47 Å². The van der Waals surface area contributed by atoms with E-state index in [-0.39, 0.29) is 25.3 Å². The fourth-order valence-electron chi connectivity index (χ4n) is 4.19. The zero-order chi connectivity index (χ0) is 21.2. The van der Waals surface area contributed by atoms with E-state index in [0.717, 1.165) is 25.3 Å². The first-order valence-corrected chi connectivity index (χ1v) is 10.5. The van der Waals surface area contributed by atoms with Crippen molar-refractivity contribution in [3.05, 3.63) is 48.3 Å². The highest BCUT2D eigenvalue weighted by Gasteiger charge is 2.33. The molecule has 0 bridgehead atoms. The van der Waals surface area contributed by atoms with Gasteiger partial charge in [-0.15, -0.1) is 0 Å². The minimum atomic E-state index is -0.150. The monoisotopic (exact) mass is 423 g/mol. The van der Waals surface area contributed by atoms with Gasteiger partial charge in [-0.05, 0) is 29.8 Å². The van der Waals surface area contributed by atoms with E-state index >= 15 is 0 Å². The minimum Gasteiger partial charge on any atom is -0.454 e. The molecule has 3 aliphatic heterocycles. The molecular weight excluding hydrogens is 398 g/mol. The van der Waals surface area contributed by atoms with E-state index in [0.29, 0.717) is 37.7 Å². The van der Waals surface area contributed by atoms with Crippen LogP contribution in [0.2, 0.25) is 0 Å². The number of fused-ring (bicyclic) bond motifs is 1. The molecule has 5 rings (SSSR count). The van der Waals surface area contributed by atoms with E-state index in [1.165, 1.54) is 5.56 Å². The van der Waals surface area contributed by atoms with Crippen molar-refractivity contribution < 1.29 is 19.1 Å². The number of aromatic nitrogens is 1. The van der Waals surface area contributed by atoms with Gasteiger partial charge in [0, 0.05) is 70.0 Å². The lowest BCUT2D eigenvalue weighted by molar-refractivity contribution is -0.133. The quantitative estimate of drug-likeness (QED) is 0.724. The molecule has 4 heterocycles. The summed E-state index contributed by atoms with van der Waals surface area (Å²) in [5.74, 6) is 1.33. The fourth-order valence-corrected chi connectivity index (χ4v) is 4.19. The molecule has 9 nitrogen and oxygen atoms in total. The Bertz CT molecular complexity index is 962. The van der Waals surface area contributed by atoms with Gasteiger partial charge in [0.1, 0.15) is 6.54 Å². The van der Waals surface area contributed by atoms with E-state index in [1.54, 1.807) is 22.2 Å². The molecule has 0 aliphatic carbocycles. The molecular formula is C22H25N5O4. The number of nitrogens with zero attached hydrogens (tertiary/aromatic N) is 5. The zero-order valence-corrected chi connectivity index (χ0v) is 17.3. The van der Waals surface area contributed by atoms with Gasteiger partial charge in [0.25, 0.3) is 0 Å². The highest BCUT2D eigenvalue weighted by Crippen LogP contribution is 2.36. The first-order valence-electron chi connectivity index (χ1n) is 10.5. The van der Waals surface area contributed by atoms with Crippen molar-refractivity contribution in [1.82, 2.24) is 19.7 Å². The predicted molar refractivity (Wildman–Crippen MR) is 113 cm³/mol. The number of urea groups is 1. The van der Waals surface area contributed by atoms with Gasteiger partial charge in [0.2, 0.25) is 12.7 Å². The SMILES string of the molecule is O=C(CN1CCN(c2ccc3c(c2)OCO3)C1=O)N1CCN(Cc2ccncc2)CC1. The lowest BCUT2D eigenvalue weighted by Crippen LogP contribution is -2.51. The van der Waals surface area contributed by atoms with Gasteiger partial charge >= 0.3 is 6.03 Å². The summed E-state index contributed by atoms with van der Waals surface area (Å²) in [6.07, 6.45) is 3.60. The normalized spacial score (nSPS) is 18.7. The topological polar surface area (TPSA) is 78.5 Å². The number of amides is 3. The number of piperazine rings is 1. The fraction of sp³-hybridized carbons (Fsp3) is 0.409. The van der Waals surface area contributed by atoms with Crippen LogP contribution in [0.1, 0.15) is 5.56 Å². The standard InChI is InChI=1S/C22H25N5O4/c28-21(25-9-7-24(8-10-25)14-17-3-5-23-6-4-17)15-26-11-12-27(22(26)29)18-1-2-19-20(13-18)31-16-30-19/h1-6,13H,7-12,14-16H2. The zero-order valence-electron chi connectivity index (χ0n) is 17.3. The number of ether oxygens (including phenoxy) is 2. The maximum absolute atomic E-state index is 12.9. The average molecular weight is 423 g/mol. The van der Waals surface area contributed by atoms with Crippen LogP contribution < -0.4 is 14.4 Å². The van der Waals surface area contributed by atoms with Crippen molar-refractivity contribution in [3.63, 3.8) is 0 Å². The van der Waals surface area contributed by atoms with Crippen molar-refractivity contribution in [3.8, 4) is 11.5 Å². The highest BCUT2D eigenvalue weighted by molar-refractivity contribution is 5.96. The summed E-state index contributed by atoms with van der Waals surface area (Å²) in [6, 6.07) is 9.35. The van der Waals surface area contributed by atoms with Crippen LogP contribution in [-0.4, -0.2) is 84.2 Å². The van der Waals surface area contributed by atoms with Crippen LogP contribution >= 0.6 is 0 Å². The molecule has 31 heavy (non-hydrogen) atoms. The third-order valence-corrected chi connectivity index (χ3v) is 5.97. The highest BCUT2D eigenvalue weighted by atomic mass is 16.7. The minimum absolute atomic E-state index is 0.00412. The third kappa shape index (κ3) is 4.13. The van der Waals surface area contributed by atoms with Gasteiger partial charge in [0.05, 0.1) is 0 Å². The third-order valence-electron chi connectivity index (χ3n) is 5.97. The van der Waals surface area contributed by atoms with Gasteiger partial charge in [-0.2, -0.15) is 0 Å². The summed E-state index contributed by atoms with van der Waals surface area (Å²) in [6.45, 7) is 5.26. The summed E-state index contributed by atoms with van der Waals surface area (Å²) in [5, 5.41) is 0. The van der Waals surface area contributed by atoms with E-state index in [2.05, 4.69) is 9.88 Å². The molecule has 0 N–H and O–H groups in total. The summed E-state index contributed by atoms with van der Waals surface area (Å²) < 4.78 is 10.7. The second kappa shape index (κ2) is 8.43. The number of hydrogen-bond donors (Lipinski definition) is 0. The molecule has 162 valence electrons. The molecule has 9 heteroatoms. The molecule has 3 amide bonds. The number of carbonyl (C=O) groups excluding carboxylic acids is 2. The maximum Gasteiger partial charge on any atom is 0.325 e. The summed E-state index contributed by atoms with van der Waals surface area (Å²) in [4.78, 5) is 37.2. The summed E-state index contributed by atoms with van der Waals surface area (Å²) in [7, 11) is 0. The van der Waals surface area contributed by atoms with Crippen LogP contribution in [0.4, 0.5) is 10.5 Å². The Balaban J connectivity index is 1.13. The van der Waals surface area contributed by atoms with Crippen molar-refractivity contribution >= 4 is 17.6 Å². The van der Waals surface area contributed by atoms with Crippen molar-refractivity contribution in [1.29, 1.82) is 0 Å². The molecule has 2 aromatic rings. The Hall–Kier alpha value is -3.33. The smallest absolute Gasteiger partial charge is 0.325 e. The van der Waals surface area contributed by atoms with E-state index in [1.807, 2.05) is 35.2 Å². The molecule has 0 atom stereocenters. The Morgan fingerprint density at radius 2 is 1.71 bits per heavy atom. The largest absolute Gasteiger partial charge is 0.454 e. The second-order valence-electron chi connectivity index (χ2n) is 7.91. The van der Waals surface area contributed by atoms with Crippen LogP contribution in [0.5, 0.6) is 11.5 Å². The van der Waals surface area contributed by atoms with Crippen LogP contribution in [0.3, 0.4) is 0 Å². The van der Waals surface area contributed by atoms with Crippen LogP contribution in [0, 0.1) is 0 Å². The Labute approximate surface area is 180 Å². The van der Waals surface area contributed by atoms with Gasteiger partial charge in [0.15, 0.2) is 11.5 Å². The van der Waals surface area contributed by atoms with Crippen molar-refractivity contribution in [2.24, 2.45) is 0 Å². The molecule has 3 aliphatic rings. The van der Waals surface area contributed by atoms with Crippen LogP contribution in [-0.2, 0) is 11.3 Å². The lowest BCUT2D eigenvalue weighted by atomic mass is 10.2. The Kier molecular flexibility index (Phi) is 5.33. The predicted octanol–water partition coefficient (Wildman–Crippen LogP) is 1.40. The molecule has 0 radical (unpaired) electrons. The van der Waals surface area contributed by atoms with E-state index in [9.17, 15) is 9.59 Å². The maximum atomic E-state index is 12.9.